The first-order chi connectivity index (χ1) is 7.90. The highest BCUT2D eigenvalue weighted by Crippen LogP contribution is 2.09. The van der Waals surface area contributed by atoms with Crippen molar-refractivity contribution in [2.75, 3.05) is 13.7 Å². The van der Waals surface area contributed by atoms with Crippen LogP contribution < -0.4 is 0 Å². The van der Waals surface area contributed by atoms with E-state index >= 15 is 0 Å². The van der Waals surface area contributed by atoms with Gasteiger partial charge in [0.1, 0.15) is 0 Å². The lowest BCUT2D eigenvalue weighted by Gasteiger charge is -2.24. The fourth-order valence-electron chi connectivity index (χ4n) is 1.26. The molecule has 98 valence electrons. The molecule has 1 amide bonds. The fourth-order valence-corrected chi connectivity index (χ4v) is 1.26. The Bertz CT molecular complexity index is 284. The Morgan fingerprint density at radius 1 is 1.29 bits per heavy atom. The van der Waals surface area contributed by atoms with Gasteiger partial charge in [0, 0.05) is 25.1 Å². The van der Waals surface area contributed by atoms with E-state index in [1.165, 1.54) is 6.08 Å². The number of nitrogens with zero attached hydrogens (tertiary/aromatic N) is 1. The maximum Gasteiger partial charge on any atom is 0.330 e. The molecule has 17 heavy (non-hydrogen) atoms. The Morgan fingerprint density at radius 3 is 2.35 bits per heavy atom. The van der Waals surface area contributed by atoms with E-state index in [0.29, 0.717) is 13.0 Å². The third-order valence-corrected chi connectivity index (χ3v) is 2.57. The van der Waals surface area contributed by atoms with Crippen LogP contribution in [0.4, 0.5) is 0 Å². The smallest absolute Gasteiger partial charge is 0.330 e. The zero-order valence-electron chi connectivity index (χ0n) is 11.4. The second kappa shape index (κ2) is 7.87. The normalized spacial score (nSPS) is 12.8. The molecule has 0 aliphatic heterocycles. The van der Waals surface area contributed by atoms with Gasteiger partial charge in [-0.15, -0.1) is 0 Å². The van der Waals surface area contributed by atoms with Crippen molar-refractivity contribution in [1.82, 2.24) is 4.90 Å². The highest BCUT2D eigenvalue weighted by atomic mass is 16.5. The zero-order valence-corrected chi connectivity index (χ0v) is 11.4. The summed E-state index contributed by atoms with van der Waals surface area (Å²) in [7, 11) is 1.79. The van der Waals surface area contributed by atoms with Gasteiger partial charge in [0.15, 0.2) is 0 Å². The standard InChI is InChI=1S/C13H23NO3/c1-6-17-12(15)9-7-8-11(4)13(16)14(5)10(2)3/h7,9-11H,6,8H2,1-5H3/b9-7+. The Morgan fingerprint density at radius 2 is 1.88 bits per heavy atom. The van der Waals surface area contributed by atoms with E-state index in [2.05, 4.69) is 0 Å². The van der Waals surface area contributed by atoms with Crippen molar-refractivity contribution < 1.29 is 14.3 Å². The van der Waals surface area contributed by atoms with E-state index in [9.17, 15) is 9.59 Å². The van der Waals surface area contributed by atoms with Gasteiger partial charge in [-0.2, -0.15) is 0 Å². The minimum absolute atomic E-state index is 0.0912. The van der Waals surface area contributed by atoms with Crippen molar-refractivity contribution in [3.8, 4) is 0 Å². The summed E-state index contributed by atoms with van der Waals surface area (Å²) < 4.78 is 4.75. The van der Waals surface area contributed by atoms with Crippen LogP contribution in [-0.2, 0) is 14.3 Å². The second-order valence-electron chi connectivity index (χ2n) is 4.33. The largest absolute Gasteiger partial charge is 0.463 e. The lowest BCUT2D eigenvalue weighted by molar-refractivity contribution is -0.137. The topological polar surface area (TPSA) is 46.6 Å². The van der Waals surface area contributed by atoms with Crippen LogP contribution in [0.2, 0.25) is 0 Å². The molecule has 0 rings (SSSR count). The number of rotatable bonds is 6. The third kappa shape index (κ3) is 6.09. The highest BCUT2D eigenvalue weighted by Gasteiger charge is 2.18. The van der Waals surface area contributed by atoms with Crippen LogP contribution in [0.25, 0.3) is 0 Å². The Hall–Kier alpha value is -1.32. The molecule has 0 aromatic heterocycles. The lowest BCUT2D eigenvalue weighted by atomic mass is 10.1. The number of hydrogen-bond donors (Lipinski definition) is 0. The number of allylic oxidation sites excluding steroid dienone is 1. The first kappa shape index (κ1) is 15.7. The van der Waals surface area contributed by atoms with Crippen molar-refractivity contribution in [2.24, 2.45) is 5.92 Å². The summed E-state index contributed by atoms with van der Waals surface area (Å²) in [6, 6.07) is 0.194. The molecule has 0 saturated heterocycles. The highest BCUT2D eigenvalue weighted by molar-refractivity contribution is 5.82. The molecule has 0 N–H and O–H groups in total. The molecule has 0 aliphatic rings. The average molecular weight is 241 g/mol. The monoisotopic (exact) mass is 241 g/mol. The van der Waals surface area contributed by atoms with Crippen LogP contribution in [0.15, 0.2) is 12.2 Å². The molecular weight excluding hydrogens is 218 g/mol. The predicted octanol–water partition coefficient (Wildman–Crippen LogP) is 2.00. The van der Waals surface area contributed by atoms with Crippen LogP contribution in [0.1, 0.15) is 34.1 Å². The maximum atomic E-state index is 11.9. The molecule has 0 bridgehead atoms. The van der Waals surface area contributed by atoms with Crippen molar-refractivity contribution in [1.29, 1.82) is 0 Å². The van der Waals surface area contributed by atoms with Crippen molar-refractivity contribution in [3.63, 3.8) is 0 Å². The lowest BCUT2D eigenvalue weighted by Crippen LogP contribution is -2.36. The maximum absolute atomic E-state index is 11.9. The average Bonchev–Trinajstić information content (AvgIpc) is 2.27. The van der Waals surface area contributed by atoms with Crippen LogP contribution >= 0.6 is 0 Å². The van der Waals surface area contributed by atoms with Gasteiger partial charge in [0.05, 0.1) is 6.61 Å². The van der Waals surface area contributed by atoms with Gasteiger partial charge in [-0.3, -0.25) is 4.79 Å². The summed E-state index contributed by atoms with van der Waals surface area (Å²) in [4.78, 5) is 24.6. The molecule has 4 nitrogen and oxygen atoms in total. The van der Waals surface area contributed by atoms with Crippen LogP contribution in [0, 0.1) is 5.92 Å². The van der Waals surface area contributed by atoms with Gasteiger partial charge in [-0.1, -0.05) is 13.0 Å². The molecule has 0 fully saturated rings. The molecule has 0 saturated carbocycles. The van der Waals surface area contributed by atoms with E-state index in [1.807, 2.05) is 20.8 Å². The molecular formula is C13H23NO3. The summed E-state index contributed by atoms with van der Waals surface area (Å²) in [6.45, 7) is 7.93. The minimum Gasteiger partial charge on any atom is -0.463 e. The number of hydrogen-bond acceptors (Lipinski definition) is 3. The molecule has 0 aromatic carbocycles. The first-order valence-electron chi connectivity index (χ1n) is 6.00. The summed E-state index contributed by atoms with van der Waals surface area (Å²) in [5.74, 6) is -0.383. The van der Waals surface area contributed by atoms with Crippen molar-refractivity contribution >= 4 is 11.9 Å². The molecule has 1 atom stereocenters. The number of ether oxygens (including phenoxy) is 1. The first-order valence-corrected chi connectivity index (χ1v) is 6.00. The third-order valence-electron chi connectivity index (χ3n) is 2.57. The van der Waals surface area contributed by atoms with Crippen molar-refractivity contribution in [2.45, 2.75) is 40.2 Å². The van der Waals surface area contributed by atoms with E-state index in [-0.39, 0.29) is 23.8 Å². The zero-order chi connectivity index (χ0) is 13.4. The quantitative estimate of drug-likeness (QED) is 0.528. The van der Waals surface area contributed by atoms with Gasteiger partial charge in [0.25, 0.3) is 0 Å². The molecule has 0 heterocycles. The summed E-state index contributed by atoms with van der Waals surface area (Å²) in [6.07, 6.45) is 3.62. The van der Waals surface area contributed by atoms with Crippen LogP contribution in [0.5, 0.6) is 0 Å². The van der Waals surface area contributed by atoms with Gasteiger partial charge < -0.3 is 9.64 Å². The van der Waals surface area contributed by atoms with Gasteiger partial charge in [-0.05, 0) is 27.2 Å². The van der Waals surface area contributed by atoms with E-state index in [4.69, 9.17) is 4.74 Å². The SMILES string of the molecule is CCOC(=O)/C=C/CC(C)C(=O)N(C)C(C)C. The molecule has 0 radical (unpaired) electrons. The predicted molar refractivity (Wildman–Crippen MR) is 67.5 cm³/mol. The molecule has 0 aliphatic carbocycles. The number of amides is 1. The fraction of sp³-hybridized carbons (Fsp3) is 0.692. The molecule has 1 unspecified atom stereocenters. The summed E-state index contributed by atoms with van der Waals surface area (Å²) >= 11 is 0. The van der Waals surface area contributed by atoms with Gasteiger partial charge >= 0.3 is 5.97 Å². The van der Waals surface area contributed by atoms with E-state index in [1.54, 1.807) is 24.9 Å². The van der Waals surface area contributed by atoms with E-state index in [0.717, 1.165) is 0 Å². The summed E-state index contributed by atoms with van der Waals surface area (Å²) in [5, 5.41) is 0. The Labute approximate surface area is 104 Å². The minimum atomic E-state index is -0.357. The van der Waals surface area contributed by atoms with Crippen LogP contribution in [0.3, 0.4) is 0 Å². The van der Waals surface area contributed by atoms with Crippen LogP contribution in [-0.4, -0.2) is 36.5 Å². The van der Waals surface area contributed by atoms with E-state index < -0.39 is 0 Å². The summed E-state index contributed by atoms with van der Waals surface area (Å²) in [5.41, 5.74) is 0. The Kier molecular flexibility index (Phi) is 7.26. The molecule has 0 aromatic rings. The molecule has 4 heteroatoms. The Balaban J connectivity index is 4.14. The second-order valence-corrected chi connectivity index (χ2v) is 4.33. The van der Waals surface area contributed by atoms with Crippen molar-refractivity contribution in [3.05, 3.63) is 12.2 Å². The number of carbonyl (C=O) groups is 2. The number of carbonyl (C=O) groups excluding carboxylic acids is 2. The van der Waals surface area contributed by atoms with Gasteiger partial charge in [0.2, 0.25) is 5.91 Å². The van der Waals surface area contributed by atoms with Gasteiger partial charge in [-0.25, -0.2) is 4.79 Å². The number of esters is 1. The molecule has 0 spiro atoms.